The predicted octanol–water partition coefficient (Wildman–Crippen LogP) is 2.42. The first-order valence-corrected chi connectivity index (χ1v) is 9.04. The van der Waals surface area contributed by atoms with Crippen LogP contribution in [0, 0.1) is 0 Å². The summed E-state index contributed by atoms with van der Waals surface area (Å²) >= 11 is 0. The number of hydrogen-bond acceptors (Lipinski definition) is 8. The Morgan fingerprint density at radius 2 is 1.63 bits per heavy atom. The van der Waals surface area contributed by atoms with Crippen molar-refractivity contribution in [3.05, 3.63) is 47.5 Å². The van der Waals surface area contributed by atoms with Crippen molar-refractivity contribution in [1.82, 2.24) is 5.43 Å². The second kappa shape index (κ2) is 11.3. The molecule has 9 heteroatoms. The number of nitrogens with one attached hydrogen (secondary N) is 1. The fraction of sp³-hybridized carbons (Fsp3) is 0.286. The molecule has 0 heterocycles. The predicted molar refractivity (Wildman–Crippen MR) is 110 cm³/mol. The number of rotatable bonds is 10. The van der Waals surface area contributed by atoms with Crippen LogP contribution in [-0.4, -0.2) is 52.6 Å². The van der Waals surface area contributed by atoms with Gasteiger partial charge in [-0.15, -0.1) is 0 Å². The van der Waals surface area contributed by atoms with Gasteiger partial charge in [-0.1, -0.05) is 0 Å². The van der Waals surface area contributed by atoms with Crippen molar-refractivity contribution in [1.29, 1.82) is 0 Å². The van der Waals surface area contributed by atoms with E-state index >= 15 is 0 Å². The average Bonchev–Trinajstić information content (AvgIpc) is 2.77. The summed E-state index contributed by atoms with van der Waals surface area (Å²) in [6.07, 6.45) is 1.44. The fourth-order valence-electron chi connectivity index (χ4n) is 2.44. The van der Waals surface area contributed by atoms with Crippen molar-refractivity contribution >= 4 is 18.1 Å². The van der Waals surface area contributed by atoms with E-state index in [-0.39, 0.29) is 6.61 Å². The van der Waals surface area contributed by atoms with E-state index in [0.717, 1.165) is 0 Å². The molecule has 0 radical (unpaired) electrons. The van der Waals surface area contributed by atoms with Crippen LogP contribution in [0.4, 0.5) is 0 Å². The lowest BCUT2D eigenvalue weighted by Gasteiger charge is -2.12. The van der Waals surface area contributed by atoms with E-state index in [4.69, 9.17) is 23.7 Å². The highest BCUT2D eigenvalue weighted by atomic mass is 16.5. The number of nitrogens with zero attached hydrogens (tertiary/aromatic N) is 1. The number of ether oxygens (including phenoxy) is 5. The summed E-state index contributed by atoms with van der Waals surface area (Å²) in [6, 6.07) is 9.68. The van der Waals surface area contributed by atoms with Crippen LogP contribution in [0.1, 0.15) is 22.8 Å². The first-order valence-electron chi connectivity index (χ1n) is 9.04. The Hall–Kier alpha value is -3.75. The van der Waals surface area contributed by atoms with Gasteiger partial charge in [0.2, 0.25) is 5.75 Å². The number of esters is 1. The zero-order valence-electron chi connectivity index (χ0n) is 17.3. The minimum atomic E-state index is -0.451. The van der Waals surface area contributed by atoms with E-state index in [0.29, 0.717) is 40.7 Å². The third-order valence-electron chi connectivity index (χ3n) is 3.83. The highest BCUT2D eigenvalue weighted by Crippen LogP contribution is 2.37. The Labute approximate surface area is 174 Å². The number of carbonyl (C=O) groups excluding carboxylic acids is 2. The third-order valence-corrected chi connectivity index (χ3v) is 3.83. The van der Waals surface area contributed by atoms with E-state index < -0.39 is 11.9 Å². The van der Waals surface area contributed by atoms with E-state index in [2.05, 4.69) is 10.5 Å². The molecule has 0 spiro atoms. The number of methoxy groups -OCH3 is 3. The Morgan fingerprint density at radius 3 is 2.17 bits per heavy atom. The van der Waals surface area contributed by atoms with Gasteiger partial charge in [0.05, 0.1) is 39.7 Å². The molecule has 0 aliphatic rings. The summed E-state index contributed by atoms with van der Waals surface area (Å²) in [4.78, 5) is 23.5. The van der Waals surface area contributed by atoms with Gasteiger partial charge in [-0.25, -0.2) is 10.2 Å². The zero-order chi connectivity index (χ0) is 21.9. The van der Waals surface area contributed by atoms with Gasteiger partial charge in [0, 0.05) is 5.56 Å². The van der Waals surface area contributed by atoms with Gasteiger partial charge in [-0.2, -0.15) is 5.10 Å². The third kappa shape index (κ3) is 6.13. The molecule has 2 rings (SSSR count). The van der Waals surface area contributed by atoms with Gasteiger partial charge in [-0.3, -0.25) is 4.79 Å². The highest BCUT2D eigenvalue weighted by molar-refractivity contribution is 5.89. The van der Waals surface area contributed by atoms with Gasteiger partial charge in [0.1, 0.15) is 5.75 Å². The summed E-state index contributed by atoms with van der Waals surface area (Å²) in [5, 5.41) is 3.90. The Bertz CT molecular complexity index is 870. The average molecular weight is 416 g/mol. The second-order valence-electron chi connectivity index (χ2n) is 5.79. The second-order valence-corrected chi connectivity index (χ2v) is 5.79. The molecule has 0 fully saturated rings. The van der Waals surface area contributed by atoms with Crippen molar-refractivity contribution in [3.8, 4) is 23.0 Å². The molecule has 2 aromatic carbocycles. The molecule has 1 amide bonds. The first kappa shape index (κ1) is 22.5. The minimum Gasteiger partial charge on any atom is -0.493 e. The quantitative estimate of drug-likeness (QED) is 0.360. The van der Waals surface area contributed by atoms with Gasteiger partial charge < -0.3 is 23.7 Å². The molecule has 1 N–H and O–H groups in total. The molecule has 0 aromatic heterocycles. The number of amides is 1. The number of hydrogen-bond donors (Lipinski definition) is 1. The first-order chi connectivity index (χ1) is 14.5. The van der Waals surface area contributed by atoms with Crippen molar-refractivity contribution < 1.29 is 33.3 Å². The zero-order valence-corrected chi connectivity index (χ0v) is 17.3. The Balaban J connectivity index is 1.90. The summed E-state index contributed by atoms with van der Waals surface area (Å²) < 4.78 is 26.1. The monoisotopic (exact) mass is 416 g/mol. The van der Waals surface area contributed by atoms with E-state index in [1.54, 1.807) is 43.3 Å². The van der Waals surface area contributed by atoms with Gasteiger partial charge >= 0.3 is 5.97 Å². The lowest BCUT2D eigenvalue weighted by Crippen LogP contribution is -2.24. The Morgan fingerprint density at radius 1 is 1.00 bits per heavy atom. The van der Waals surface area contributed by atoms with Crippen molar-refractivity contribution in [2.24, 2.45) is 5.10 Å². The molecule has 30 heavy (non-hydrogen) atoms. The number of carbonyl (C=O) groups is 2. The van der Waals surface area contributed by atoms with E-state index in [1.165, 1.54) is 27.5 Å². The van der Waals surface area contributed by atoms with Crippen LogP contribution in [0.15, 0.2) is 41.5 Å². The van der Waals surface area contributed by atoms with Crippen LogP contribution < -0.4 is 24.4 Å². The molecule has 0 saturated heterocycles. The van der Waals surface area contributed by atoms with Crippen LogP contribution in [0.5, 0.6) is 23.0 Å². The molecule has 0 atom stereocenters. The van der Waals surface area contributed by atoms with Gasteiger partial charge in [0.15, 0.2) is 18.1 Å². The van der Waals surface area contributed by atoms with Crippen LogP contribution in [-0.2, 0) is 9.53 Å². The normalized spacial score (nSPS) is 10.4. The van der Waals surface area contributed by atoms with Crippen molar-refractivity contribution in [2.75, 3.05) is 34.5 Å². The molecule has 0 saturated carbocycles. The summed E-state index contributed by atoms with van der Waals surface area (Å²) in [5.41, 5.74) is 3.42. The molecule has 2 aromatic rings. The summed E-state index contributed by atoms with van der Waals surface area (Å²) in [6.45, 7) is 1.79. The molecule has 0 aliphatic carbocycles. The highest BCUT2D eigenvalue weighted by Gasteiger charge is 2.12. The number of benzene rings is 2. The largest absolute Gasteiger partial charge is 0.493 e. The van der Waals surface area contributed by atoms with Gasteiger partial charge in [0.25, 0.3) is 5.91 Å². The van der Waals surface area contributed by atoms with Crippen LogP contribution >= 0.6 is 0 Å². The molecule has 0 aliphatic heterocycles. The fourth-order valence-corrected chi connectivity index (χ4v) is 2.44. The van der Waals surface area contributed by atoms with E-state index in [1.807, 2.05) is 0 Å². The standard InChI is InChI=1S/C21H24N2O7/c1-5-29-21(25)15-6-8-16(9-7-15)30-13-19(24)23-22-12-14-10-17(26-2)20(28-4)18(11-14)27-3/h6-12H,5,13H2,1-4H3,(H,23,24)/b22-12+. The number of hydrazone groups is 1. The van der Waals surface area contributed by atoms with Crippen LogP contribution in [0.25, 0.3) is 0 Å². The lowest BCUT2D eigenvalue weighted by molar-refractivity contribution is -0.123. The maximum Gasteiger partial charge on any atom is 0.338 e. The van der Waals surface area contributed by atoms with E-state index in [9.17, 15) is 9.59 Å². The molecular formula is C21H24N2O7. The topological polar surface area (TPSA) is 105 Å². The molecule has 9 nitrogen and oxygen atoms in total. The van der Waals surface area contributed by atoms with Crippen LogP contribution in [0.3, 0.4) is 0 Å². The summed E-state index contributed by atoms with van der Waals surface area (Å²) in [5.74, 6) is 0.977. The minimum absolute atomic E-state index is 0.245. The Kier molecular flexibility index (Phi) is 8.49. The van der Waals surface area contributed by atoms with Crippen molar-refractivity contribution in [2.45, 2.75) is 6.92 Å². The van der Waals surface area contributed by atoms with Gasteiger partial charge in [-0.05, 0) is 43.3 Å². The maximum absolute atomic E-state index is 11.9. The molecule has 160 valence electrons. The smallest absolute Gasteiger partial charge is 0.338 e. The molecular weight excluding hydrogens is 392 g/mol. The van der Waals surface area contributed by atoms with Crippen LogP contribution in [0.2, 0.25) is 0 Å². The maximum atomic E-state index is 11.9. The molecule has 0 unspecified atom stereocenters. The summed E-state index contributed by atoms with van der Waals surface area (Å²) in [7, 11) is 4.53. The lowest BCUT2D eigenvalue weighted by atomic mass is 10.2. The SMILES string of the molecule is CCOC(=O)c1ccc(OCC(=O)N/N=C/c2cc(OC)c(OC)c(OC)c2)cc1. The van der Waals surface area contributed by atoms with Crippen molar-refractivity contribution in [3.63, 3.8) is 0 Å². The molecule has 0 bridgehead atoms.